The van der Waals surface area contributed by atoms with Crippen molar-refractivity contribution in [1.29, 1.82) is 0 Å². The molecule has 88 valence electrons. The van der Waals surface area contributed by atoms with Gasteiger partial charge in [-0.3, -0.25) is 4.52 Å². The van der Waals surface area contributed by atoms with Gasteiger partial charge < -0.3 is 19.8 Å². The van der Waals surface area contributed by atoms with Crippen LogP contribution in [0.15, 0.2) is 12.2 Å². The highest BCUT2D eigenvalue weighted by molar-refractivity contribution is 7.46. The number of carbonyl (C=O) groups excluding carboxylic acids is 1. The molecule has 15 heavy (non-hydrogen) atoms. The van der Waals surface area contributed by atoms with Gasteiger partial charge in [0.25, 0.3) is 0 Å². The topological polar surface area (TPSA) is 105 Å². The summed E-state index contributed by atoms with van der Waals surface area (Å²) in [6.07, 6.45) is 0. The maximum atomic E-state index is 10.8. The summed E-state index contributed by atoms with van der Waals surface area (Å²) >= 11 is 0. The summed E-state index contributed by atoms with van der Waals surface area (Å²) < 4.78 is 18.8. The first-order valence-electron chi connectivity index (χ1n) is 4.03. The lowest BCUT2D eigenvalue weighted by molar-refractivity contribution is -0.136. The third-order valence-electron chi connectivity index (χ3n) is 1.35. The van der Waals surface area contributed by atoms with Crippen molar-refractivity contribution in [2.24, 2.45) is 0 Å². The third-order valence-corrected chi connectivity index (χ3v) is 1.87. The lowest BCUT2D eigenvalue weighted by Crippen LogP contribution is -2.24. The first kappa shape index (κ1) is 14.3. The Balaban J connectivity index is 3.52. The summed E-state index contributed by atoms with van der Waals surface area (Å²) in [5, 5.41) is 2.70. The maximum absolute atomic E-state index is 10.8. The quantitative estimate of drug-likeness (QED) is 0.236. The second-order valence-corrected chi connectivity index (χ2v) is 3.84. The van der Waals surface area contributed by atoms with Gasteiger partial charge in [0.05, 0.1) is 13.7 Å². The standard InChI is InChI=1S/C7H14NO6P/c1-6(7(9)13-2)5-8-3-4-14-15(10,11)12/h8H,1,3-5H2,2H3,(H2,10,11,12). The minimum Gasteiger partial charge on any atom is -0.466 e. The van der Waals surface area contributed by atoms with Crippen LogP contribution in [0.5, 0.6) is 0 Å². The zero-order valence-corrected chi connectivity index (χ0v) is 9.20. The highest BCUT2D eigenvalue weighted by atomic mass is 31.2. The molecule has 7 nitrogen and oxygen atoms in total. The average molecular weight is 239 g/mol. The van der Waals surface area contributed by atoms with Crippen molar-refractivity contribution in [1.82, 2.24) is 5.32 Å². The minimum atomic E-state index is -4.41. The summed E-state index contributed by atoms with van der Waals surface area (Å²) in [5.41, 5.74) is 0.230. The fourth-order valence-electron chi connectivity index (χ4n) is 0.693. The zero-order valence-electron chi connectivity index (χ0n) is 8.30. The largest absolute Gasteiger partial charge is 0.469 e. The number of hydrogen-bond acceptors (Lipinski definition) is 5. The van der Waals surface area contributed by atoms with Crippen LogP contribution in [0.3, 0.4) is 0 Å². The molecule has 0 aliphatic rings. The van der Waals surface area contributed by atoms with E-state index in [0.717, 1.165) is 0 Å². The molecule has 0 aromatic heterocycles. The van der Waals surface area contributed by atoms with Gasteiger partial charge in [-0.15, -0.1) is 0 Å². The van der Waals surface area contributed by atoms with Gasteiger partial charge in [0.2, 0.25) is 0 Å². The molecule has 0 aliphatic carbocycles. The van der Waals surface area contributed by atoms with Crippen LogP contribution in [-0.2, 0) is 18.6 Å². The van der Waals surface area contributed by atoms with Crippen LogP contribution in [0.1, 0.15) is 0 Å². The van der Waals surface area contributed by atoms with Gasteiger partial charge in [-0.2, -0.15) is 0 Å². The fourth-order valence-corrected chi connectivity index (χ4v) is 1.02. The van der Waals surface area contributed by atoms with Crippen molar-refractivity contribution in [3.63, 3.8) is 0 Å². The maximum Gasteiger partial charge on any atom is 0.469 e. The zero-order chi connectivity index (χ0) is 11.9. The highest BCUT2D eigenvalue weighted by Crippen LogP contribution is 2.34. The summed E-state index contributed by atoms with van der Waals surface area (Å²) in [6, 6.07) is 0. The summed E-state index contributed by atoms with van der Waals surface area (Å²) in [6.45, 7) is 3.66. The molecule has 0 bridgehead atoms. The molecule has 0 rings (SSSR count). The monoisotopic (exact) mass is 239 g/mol. The molecule has 0 saturated carbocycles. The Morgan fingerprint density at radius 3 is 2.60 bits per heavy atom. The Bertz CT molecular complexity index is 273. The van der Waals surface area contributed by atoms with Crippen molar-refractivity contribution < 1.29 is 28.4 Å². The van der Waals surface area contributed by atoms with E-state index in [1.807, 2.05) is 0 Å². The molecule has 0 unspecified atom stereocenters. The molecule has 0 radical (unpaired) electrons. The van der Waals surface area contributed by atoms with E-state index in [-0.39, 0.29) is 25.3 Å². The molecule has 0 spiro atoms. The van der Waals surface area contributed by atoms with E-state index >= 15 is 0 Å². The Hall–Kier alpha value is -0.720. The fraction of sp³-hybridized carbons (Fsp3) is 0.571. The van der Waals surface area contributed by atoms with Gasteiger partial charge in [0.1, 0.15) is 0 Å². The van der Waals surface area contributed by atoms with E-state index in [1.165, 1.54) is 7.11 Å². The normalized spacial score (nSPS) is 11.1. The smallest absolute Gasteiger partial charge is 0.466 e. The van der Waals surface area contributed by atoms with Gasteiger partial charge in [-0.25, -0.2) is 9.36 Å². The van der Waals surface area contributed by atoms with E-state index in [2.05, 4.69) is 21.2 Å². The first-order chi connectivity index (χ1) is 6.87. The van der Waals surface area contributed by atoms with Crippen molar-refractivity contribution in [2.75, 3.05) is 26.8 Å². The lowest BCUT2D eigenvalue weighted by Gasteiger charge is -2.07. The van der Waals surface area contributed by atoms with E-state index in [1.54, 1.807) is 0 Å². The number of carbonyl (C=O) groups is 1. The Morgan fingerprint density at radius 1 is 1.53 bits per heavy atom. The molecular formula is C7H14NO6P. The molecule has 0 fully saturated rings. The van der Waals surface area contributed by atoms with Gasteiger partial charge in [-0.05, 0) is 0 Å². The molecule has 3 N–H and O–H groups in total. The molecule has 0 aromatic carbocycles. The van der Waals surface area contributed by atoms with Crippen LogP contribution < -0.4 is 5.32 Å². The first-order valence-corrected chi connectivity index (χ1v) is 5.56. The van der Waals surface area contributed by atoms with Gasteiger partial charge >= 0.3 is 13.8 Å². The molecular weight excluding hydrogens is 225 g/mol. The van der Waals surface area contributed by atoms with E-state index in [0.29, 0.717) is 0 Å². The molecule has 0 heterocycles. The number of rotatable bonds is 7. The van der Waals surface area contributed by atoms with Crippen LogP contribution in [-0.4, -0.2) is 42.6 Å². The van der Waals surface area contributed by atoms with E-state index in [4.69, 9.17) is 9.79 Å². The number of esters is 1. The number of phosphoric acid groups is 1. The molecule has 8 heteroatoms. The number of hydrogen-bond donors (Lipinski definition) is 3. The Morgan fingerprint density at radius 2 is 2.13 bits per heavy atom. The molecule has 0 saturated heterocycles. The highest BCUT2D eigenvalue weighted by Gasteiger charge is 2.12. The van der Waals surface area contributed by atoms with Crippen LogP contribution in [0, 0.1) is 0 Å². The van der Waals surface area contributed by atoms with E-state index < -0.39 is 13.8 Å². The van der Waals surface area contributed by atoms with Gasteiger partial charge in [-0.1, -0.05) is 6.58 Å². The lowest BCUT2D eigenvalue weighted by atomic mass is 10.3. The predicted molar refractivity (Wildman–Crippen MR) is 52.0 cm³/mol. The summed E-state index contributed by atoms with van der Waals surface area (Å²) in [7, 11) is -3.17. The number of ether oxygens (including phenoxy) is 1. The molecule has 0 aromatic rings. The predicted octanol–water partition coefficient (Wildman–Crippen LogP) is -0.586. The van der Waals surface area contributed by atoms with Crippen LogP contribution in [0.25, 0.3) is 0 Å². The minimum absolute atomic E-state index is 0.154. The molecule has 0 amide bonds. The Labute approximate surface area is 87.3 Å². The molecule has 0 atom stereocenters. The number of methoxy groups -OCH3 is 1. The van der Waals surface area contributed by atoms with Gasteiger partial charge in [0.15, 0.2) is 0 Å². The number of phosphoric ester groups is 1. The average Bonchev–Trinajstić information content (AvgIpc) is 2.14. The van der Waals surface area contributed by atoms with Crippen LogP contribution >= 0.6 is 7.82 Å². The van der Waals surface area contributed by atoms with Crippen molar-refractivity contribution in [2.45, 2.75) is 0 Å². The SMILES string of the molecule is C=C(CNCCOP(=O)(O)O)C(=O)OC. The van der Waals surface area contributed by atoms with Crippen molar-refractivity contribution in [3.8, 4) is 0 Å². The second kappa shape index (κ2) is 6.71. The number of nitrogens with one attached hydrogen (secondary N) is 1. The third kappa shape index (κ3) is 8.29. The van der Waals surface area contributed by atoms with Crippen LogP contribution in [0.2, 0.25) is 0 Å². The van der Waals surface area contributed by atoms with Crippen molar-refractivity contribution >= 4 is 13.8 Å². The van der Waals surface area contributed by atoms with Crippen LogP contribution in [0.4, 0.5) is 0 Å². The van der Waals surface area contributed by atoms with E-state index in [9.17, 15) is 9.36 Å². The van der Waals surface area contributed by atoms with Crippen molar-refractivity contribution in [3.05, 3.63) is 12.2 Å². The second-order valence-electron chi connectivity index (χ2n) is 2.60. The van der Waals surface area contributed by atoms with Gasteiger partial charge in [0, 0.05) is 18.7 Å². The summed E-state index contributed by atoms with van der Waals surface area (Å²) in [5.74, 6) is -0.529. The Kier molecular flexibility index (Phi) is 6.38. The summed E-state index contributed by atoms with van der Waals surface area (Å²) in [4.78, 5) is 27.5. The molecule has 0 aliphatic heterocycles.